The number of nitrogens with one attached hydrogen (secondary N) is 1. The molecule has 1 aliphatic heterocycles. The summed E-state index contributed by atoms with van der Waals surface area (Å²) >= 11 is 4.89. The summed E-state index contributed by atoms with van der Waals surface area (Å²) < 4.78 is 0. The van der Waals surface area contributed by atoms with Crippen molar-refractivity contribution in [2.75, 3.05) is 31.5 Å². The lowest BCUT2D eigenvalue weighted by Crippen LogP contribution is -2.34. The molecular formula is C12H19N5S. The summed E-state index contributed by atoms with van der Waals surface area (Å²) in [5.41, 5.74) is 6.14. The van der Waals surface area contributed by atoms with Gasteiger partial charge in [0.25, 0.3) is 0 Å². The van der Waals surface area contributed by atoms with Crippen molar-refractivity contribution in [1.82, 2.24) is 14.9 Å². The van der Waals surface area contributed by atoms with Crippen LogP contribution in [0.25, 0.3) is 0 Å². The summed E-state index contributed by atoms with van der Waals surface area (Å²) in [5.74, 6) is 0.595. The zero-order valence-corrected chi connectivity index (χ0v) is 11.2. The summed E-state index contributed by atoms with van der Waals surface area (Å²) in [5, 5.41) is 3.21. The summed E-state index contributed by atoms with van der Waals surface area (Å²) in [6.45, 7) is 4.28. The standard InChI is InChI=1S/C12H19N5S/c13-11(18)10-4-5-14-12(16-10)15-6-9-17-7-2-1-3-8-17/h4-5H,1-3,6-9H2,(H2,13,18)(H,14,15,16). The number of piperidine rings is 1. The van der Waals surface area contributed by atoms with E-state index < -0.39 is 0 Å². The first-order chi connectivity index (χ1) is 8.75. The fourth-order valence-corrected chi connectivity index (χ4v) is 2.20. The van der Waals surface area contributed by atoms with Crippen LogP contribution in [0.1, 0.15) is 25.0 Å². The molecule has 0 bridgehead atoms. The summed E-state index contributed by atoms with van der Waals surface area (Å²) in [6, 6.07) is 1.72. The minimum atomic E-state index is 0.302. The molecule has 1 saturated heterocycles. The highest BCUT2D eigenvalue weighted by Crippen LogP contribution is 2.08. The van der Waals surface area contributed by atoms with E-state index >= 15 is 0 Å². The SMILES string of the molecule is NC(=S)c1ccnc(NCCN2CCCCC2)n1. The Bertz CT molecular complexity index is 403. The van der Waals surface area contributed by atoms with Crippen molar-refractivity contribution in [2.45, 2.75) is 19.3 Å². The third-order valence-corrected chi connectivity index (χ3v) is 3.28. The van der Waals surface area contributed by atoms with Gasteiger partial charge in [-0.3, -0.25) is 0 Å². The molecule has 0 spiro atoms. The molecular weight excluding hydrogens is 246 g/mol. The quantitative estimate of drug-likeness (QED) is 0.775. The number of rotatable bonds is 5. The molecule has 0 aromatic carbocycles. The maximum Gasteiger partial charge on any atom is 0.223 e. The van der Waals surface area contributed by atoms with Crippen LogP contribution in [-0.2, 0) is 0 Å². The van der Waals surface area contributed by atoms with Crippen LogP contribution in [0.5, 0.6) is 0 Å². The Kier molecular flexibility index (Phi) is 4.83. The van der Waals surface area contributed by atoms with Gasteiger partial charge in [0.1, 0.15) is 10.7 Å². The molecule has 0 radical (unpaired) electrons. The molecule has 1 aromatic heterocycles. The monoisotopic (exact) mass is 265 g/mol. The van der Waals surface area contributed by atoms with E-state index in [1.807, 2.05) is 0 Å². The Balaban J connectivity index is 1.78. The van der Waals surface area contributed by atoms with E-state index in [0.717, 1.165) is 13.1 Å². The molecule has 98 valence electrons. The second-order valence-corrected chi connectivity index (χ2v) is 4.90. The summed E-state index contributed by atoms with van der Waals surface area (Å²) in [7, 11) is 0. The molecule has 1 aliphatic rings. The minimum Gasteiger partial charge on any atom is -0.388 e. The first kappa shape index (κ1) is 13.2. The number of aromatic nitrogens is 2. The normalized spacial score (nSPS) is 16.4. The molecule has 6 heteroatoms. The largest absolute Gasteiger partial charge is 0.388 e. The molecule has 2 heterocycles. The first-order valence-electron chi connectivity index (χ1n) is 6.35. The van der Waals surface area contributed by atoms with Crippen molar-refractivity contribution < 1.29 is 0 Å². The highest BCUT2D eigenvalue weighted by Gasteiger charge is 2.09. The van der Waals surface area contributed by atoms with Gasteiger partial charge in [0.05, 0.1) is 0 Å². The molecule has 0 saturated carbocycles. The van der Waals surface area contributed by atoms with E-state index in [2.05, 4.69) is 20.2 Å². The molecule has 5 nitrogen and oxygen atoms in total. The number of nitrogens with two attached hydrogens (primary N) is 1. The fourth-order valence-electron chi connectivity index (χ4n) is 2.09. The zero-order valence-electron chi connectivity index (χ0n) is 10.4. The summed E-state index contributed by atoms with van der Waals surface area (Å²) in [6.07, 6.45) is 5.66. The van der Waals surface area contributed by atoms with Gasteiger partial charge in [-0.15, -0.1) is 0 Å². The number of hydrogen-bond donors (Lipinski definition) is 2. The van der Waals surface area contributed by atoms with E-state index in [9.17, 15) is 0 Å². The molecule has 3 N–H and O–H groups in total. The average molecular weight is 265 g/mol. The predicted octanol–water partition coefficient (Wildman–Crippen LogP) is 1.01. The number of thiocarbonyl (C=S) groups is 1. The lowest BCUT2D eigenvalue weighted by molar-refractivity contribution is 0.237. The molecule has 1 aromatic rings. The average Bonchev–Trinajstić information content (AvgIpc) is 2.40. The number of hydrogen-bond acceptors (Lipinski definition) is 5. The van der Waals surface area contributed by atoms with Crippen LogP contribution in [-0.4, -0.2) is 46.0 Å². The van der Waals surface area contributed by atoms with Crippen molar-refractivity contribution in [2.24, 2.45) is 5.73 Å². The molecule has 18 heavy (non-hydrogen) atoms. The second kappa shape index (κ2) is 6.61. The van der Waals surface area contributed by atoms with E-state index in [4.69, 9.17) is 18.0 Å². The van der Waals surface area contributed by atoms with Crippen LogP contribution in [0.15, 0.2) is 12.3 Å². The lowest BCUT2D eigenvalue weighted by atomic mass is 10.1. The van der Waals surface area contributed by atoms with Gasteiger partial charge in [-0.1, -0.05) is 18.6 Å². The van der Waals surface area contributed by atoms with Gasteiger partial charge in [0.2, 0.25) is 5.95 Å². The van der Waals surface area contributed by atoms with Crippen LogP contribution in [0, 0.1) is 0 Å². The highest BCUT2D eigenvalue weighted by molar-refractivity contribution is 7.80. The van der Waals surface area contributed by atoms with Crippen LogP contribution in [0.4, 0.5) is 5.95 Å². The Morgan fingerprint density at radius 1 is 1.39 bits per heavy atom. The first-order valence-corrected chi connectivity index (χ1v) is 6.75. The lowest BCUT2D eigenvalue weighted by Gasteiger charge is -2.26. The van der Waals surface area contributed by atoms with Gasteiger partial charge in [0, 0.05) is 19.3 Å². The molecule has 0 amide bonds. The number of anilines is 1. The fraction of sp³-hybridized carbons (Fsp3) is 0.583. The molecule has 1 fully saturated rings. The minimum absolute atomic E-state index is 0.302. The topological polar surface area (TPSA) is 67.1 Å². The van der Waals surface area contributed by atoms with Gasteiger partial charge in [-0.05, 0) is 32.0 Å². The third kappa shape index (κ3) is 3.89. The number of nitrogens with zero attached hydrogens (tertiary/aromatic N) is 3. The van der Waals surface area contributed by atoms with E-state index in [-0.39, 0.29) is 0 Å². The Labute approximate surface area is 113 Å². The molecule has 0 aliphatic carbocycles. The predicted molar refractivity (Wildman–Crippen MR) is 76.7 cm³/mol. The van der Waals surface area contributed by atoms with Gasteiger partial charge in [-0.25, -0.2) is 9.97 Å². The zero-order chi connectivity index (χ0) is 12.8. The van der Waals surface area contributed by atoms with E-state index in [1.165, 1.54) is 32.4 Å². The van der Waals surface area contributed by atoms with Crippen molar-refractivity contribution in [3.05, 3.63) is 18.0 Å². The van der Waals surface area contributed by atoms with Gasteiger partial charge in [0.15, 0.2) is 0 Å². The van der Waals surface area contributed by atoms with E-state index in [0.29, 0.717) is 16.6 Å². The molecule has 0 atom stereocenters. The van der Waals surface area contributed by atoms with Crippen molar-refractivity contribution in [3.8, 4) is 0 Å². The summed E-state index contributed by atoms with van der Waals surface area (Å²) in [4.78, 5) is 11.2. The third-order valence-electron chi connectivity index (χ3n) is 3.07. The van der Waals surface area contributed by atoms with Gasteiger partial charge < -0.3 is 16.0 Å². The Morgan fingerprint density at radius 2 is 2.17 bits per heavy atom. The Morgan fingerprint density at radius 3 is 2.89 bits per heavy atom. The maximum atomic E-state index is 5.53. The van der Waals surface area contributed by atoms with Gasteiger partial charge in [-0.2, -0.15) is 0 Å². The van der Waals surface area contributed by atoms with Crippen LogP contribution < -0.4 is 11.1 Å². The number of likely N-dealkylation sites (tertiary alicyclic amines) is 1. The second-order valence-electron chi connectivity index (χ2n) is 4.46. The molecule has 2 rings (SSSR count). The maximum absolute atomic E-state index is 5.53. The molecule has 0 unspecified atom stereocenters. The van der Waals surface area contributed by atoms with E-state index in [1.54, 1.807) is 12.3 Å². The Hall–Kier alpha value is -1.27. The van der Waals surface area contributed by atoms with Gasteiger partial charge >= 0.3 is 0 Å². The van der Waals surface area contributed by atoms with Crippen LogP contribution >= 0.6 is 12.2 Å². The van der Waals surface area contributed by atoms with Crippen molar-refractivity contribution in [1.29, 1.82) is 0 Å². The smallest absolute Gasteiger partial charge is 0.223 e. The van der Waals surface area contributed by atoms with Crippen molar-refractivity contribution in [3.63, 3.8) is 0 Å². The highest BCUT2D eigenvalue weighted by atomic mass is 32.1. The van der Waals surface area contributed by atoms with Crippen molar-refractivity contribution >= 4 is 23.2 Å². The van der Waals surface area contributed by atoms with Crippen LogP contribution in [0.2, 0.25) is 0 Å². The van der Waals surface area contributed by atoms with Crippen LogP contribution in [0.3, 0.4) is 0 Å².